The average molecular weight is 956 g/mol. The zero-order valence-electron chi connectivity index (χ0n) is 39.8. The van der Waals surface area contributed by atoms with Crippen LogP contribution in [0.4, 0.5) is 0 Å². The zero-order chi connectivity index (χ0) is 48.8. The van der Waals surface area contributed by atoms with E-state index in [1.54, 1.807) is 53.8 Å². The third kappa shape index (κ3) is 12.0. The first-order valence-electron chi connectivity index (χ1n) is 22.7. The fraction of sp³-hybridized carbons (Fsp3) is 0.490. The van der Waals surface area contributed by atoms with E-state index in [1.807, 2.05) is 64.4 Å². The van der Waals surface area contributed by atoms with Crippen LogP contribution in [0.5, 0.6) is 11.5 Å². The molecule has 0 spiro atoms. The van der Waals surface area contributed by atoms with Crippen molar-refractivity contribution in [2.45, 2.75) is 118 Å². The molecule has 4 aromatic rings. The number of hydrogen-bond acceptors (Lipinski definition) is 11. The van der Waals surface area contributed by atoms with Gasteiger partial charge in [0.2, 0.25) is 17.7 Å². The van der Waals surface area contributed by atoms with Crippen LogP contribution < -0.4 is 25.4 Å². The number of carbonyl (C=O) groups is 4. The smallest absolute Gasteiger partial charge is 0.251 e. The summed E-state index contributed by atoms with van der Waals surface area (Å²) in [4.78, 5) is 61.0. The molecule has 6 rings (SSSR count). The van der Waals surface area contributed by atoms with Crippen LogP contribution in [0.3, 0.4) is 0 Å². The van der Waals surface area contributed by atoms with Crippen molar-refractivity contribution in [3.63, 3.8) is 0 Å². The molecule has 1 saturated heterocycles. The van der Waals surface area contributed by atoms with Gasteiger partial charge in [-0.2, -0.15) is 5.26 Å². The molecule has 1 saturated carbocycles. The van der Waals surface area contributed by atoms with Gasteiger partial charge in [0.1, 0.15) is 42.4 Å². The first-order chi connectivity index (χ1) is 31.6. The molecule has 1 aliphatic carbocycles. The lowest BCUT2D eigenvalue weighted by Crippen LogP contribution is -2.74. The first-order valence-corrected chi connectivity index (χ1v) is 23.9. The number of nitriles is 1. The number of unbranched alkanes of at least 4 members (excludes halogenated alkanes) is 1. The summed E-state index contributed by atoms with van der Waals surface area (Å²) in [5.74, 6) is -0.313. The molecule has 4 N–H and O–H groups in total. The van der Waals surface area contributed by atoms with Gasteiger partial charge < -0.3 is 40.2 Å². The Morgan fingerprint density at radius 2 is 1.63 bits per heavy atom. The molecule has 358 valence electrons. The summed E-state index contributed by atoms with van der Waals surface area (Å²) in [6, 6.07) is 19.5. The number of aryl methyl sites for hydroxylation is 1. The van der Waals surface area contributed by atoms with Gasteiger partial charge in [-0.1, -0.05) is 84.3 Å². The monoisotopic (exact) mass is 954 g/mol. The number of aromatic nitrogens is 1. The van der Waals surface area contributed by atoms with Crippen molar-refractivity contribution in [3.8, 4) is 28.0 Å². The summed E-state index contributed by atoms with van der Waals surface area (Å²) in [6.07, 6.45) is 0.242. The van der Waals surface area contributed by atoms with E-state index in [4.69, 9.17) is 25.8 Å². The predicted molar refractivity (Wildman–Crippen MR) is 258 cm³/mol. The topological polar surface area (TPSA) is 192 Å². The summed E-state index contributed by atoms with van der Waals surface area (Å²) >= 11 is 7.80. The number of nitrogens with one attached hydrogen (secondary N) is 3. The number of ether oxygens (including phenoxy) is 3. The van der Waals surface area contributed by atoms with Gasteiger partial charge in [-0.15, -0.1) is 11.3 Å². The van der Waals surface area contributed by atoms with Crippen LogP contribution in [0, 0.1) is 34.5 Å². The van der Waals surface area contributed by atoms with E-state index in [2.05, 4.69) is 54.7 Å². The van der Waals surface area contributed by atoms with Crippen LogP contribution in [0.15, 0.2) is 72.2 Å². The molecule has 2 fully saturated rings. The van der Waals surface area contributed by atoms with Crippen molar-refractivity contribution < 1.29 is 38.5 Å². The van der Waals surface area contributed by atoms with E-state index in [9.17, 15) is 29.5 Å². The third-order valence-corrected chi connectivity index (χ3v) is 14.1. The predicted octanol–water partition coefficient (Wildman–Crippen LogP) is 7.80. The Balaban J connectivity index is 0.906. The summed E-state index contributed by atoms with van der Waals surface area (Å²) in [5, 5.41) is 29.2. The Hall–Kier alpha value is -5.53. The Morgan fingerprint density at radius 1 is 0.970 bits per heavy atom. The standard InChI is InChI=1S/C51H63ClN6O8S/c1-30(32-12-14-33(15-13-32)42-31(2)54-29-67-42)55-45(62)40-24-36(59)27-58(40)46(63)43(49(3,4)5)56-41(60)28-64-22-10-11-23-65-37-19-16-34(17-20-37)44(61)57-47-50(6,7)48(51(47,8)9)66-38-21-18-35(26-53)39(52)25-38/h12-21,25,29-30,36,40,43,47-48,59H,10-11,22-24,27-28H2,1-9H3,(H,55,62)(H,56,60)(H,57,61)/t30-,36-,40+,43?,47?,48?/m1/s1. The van der Waals surface area contributed by atoms with Crippen molar-refractivity contribution in [1.29, 1.82) is 5.26 Å². The Labute approximate surface area is 402 Å². The van der Waals surface area contributed by atoms with Crippen LogP contribution in [-0.4, -0.2) is 95.3 Å². The largest absolute Gasteiger partial charge is 0.494 e. The maximum Gasteiger partial charge on any atom is 0.251 e. The normalized spacial score (nSPS) is 20.4. The van der Waals surface area contributed by atoms with Crippen molar-refractivity contribution in [2.75, 3.05) is 26.4 Å². The fourth-order valence-electron chi connectivity index (χ4n) is 9.39. The molecule has 1 aromatic heterocycles. The third-order valence-electron chi connectivity index (χ3n) is 12.8. The van der Waals surface area contributed by atoms with Crippen molar-refractivity contribution in [3.05, 3.63) is 99.6 Å². The van der Waals surface area contributed by atoms with Crippen LogP contribution in [0.25, 0.3) is 10.4 Å². The molecule has 16 heteroatoms. The average Bonchev–Trinajstić information content (AvgIpc) is 3.90. The Bertz CT molecular complexity index is 2430. The molecule has 67 heavy (non-hydrogen) atoms. The lowest BCUT2D eigenvalue weighted by molar-refractivity contribution is -0.164. The Kier molecular flexibility index (Phi) is 16.1. The summed E-state index contributed by atoms with van der Waals surface area (Å²) in [5.41, 5.74) is 4.08. The number of aliphatic hydroxyl groups is 1. The number of β-amino-alcohol motifs (C(OH)–C–C–N with tert-alkyl or cyclic N) is 1. The minimum absolute atomic E-state index is 0.0246. The van der Waals surface area contributed by atoms with Crippen molar-refractivity contribution in [2.24, 2.45) is 16.2 Å². The van der Waals surface area contributed by atoms with Crippen molar-refractivity contribution in [1.82, 2.24) is 25.8 Å². The number of hydrogen-bond donors (Lipinski definition) is 4. The number of likely N-dealkylation sites (tertiary alicyclic amines) is 1. The molecule has 1 unspecified atom stereocenters. The number of nitrogens with zero attached hydrogens (tertiary/aromatic N) is 3. The SMILES string of the molecule is Cc1ncsc1-c1ccc([C@@H](C)NC(=O)[C@@H]2C[C@@H](O)CN2C(=O)C(NC(=O)COCCCCOc2ccc(C(=O)NC3C(C)(C)C(Oc4ccc(C#N)c(Cl)c4)C3(C)C)cc2)C(C)(C)C)cc1. The van der Waals surface area contributed by atoms with Crippen LogP contribution in [0.2, 0.25) is 5.02 Å². The van der Waals surface area contributed by atoms with Crippen LogP contribution in [0.1, 0.15) is 108 Å². The highest BCUT2D eigenvalue weighted by Crippen LogP contribution is 2.55. The zero-order valence-corrected chi connectivity index (χ0v) is 41.3. The van der Waals surface area contributed by atoms with Gasteiger partial charge in [0, 0.05) is 48.1 Å². The number of thiazole rings is 1. The number of rotatable bonds is 18. The van der Waals surface area contributed by atoms with Gasteiger partial charge in [-0.3, -0.25) is 19.2 Å². The minimum Gasteiger partial charge on any atom is -0.494 e. The molecule has 14 nitrogen and oxygen atoms in total. The van der Waals surface area contributed by atoms with Gasteiger partial charge in [-0.05, 0) is 79.6 Å². The molecule has 1 aliphatic heterocycles. The molecule has 4 amide bonds. The number of aliphatic hydroxyl groups excluding tert-OH is 1. The molecule has 3 aromatic carbocycles. The molecular weight excluding hydrogens is 892 g/mol. The van der Waals surface area contributed by atoms with Crippen LogP contribution >= 0.6 is 22.9 Å². The number of carbonyl (C=O) groups excluding carboxylic acids is 4. The van der Waals surface area contributed by atoms with E-state index in [1.165, 1.54) is 4.90 Å². The van der Waals surface area contributed by atoms with Gasteiger partial charge in [0.05, 0.1) is 45.4 Å². The van der Waals surface area contributed by atoms with E-state index < -0.39 is 46.2 Å². The second kappa shape index (κ2) is 21.2. The highest BCUT2D eigenvalue weighted by molar-refractivity contribution is 7.13. The minimum atomic E-state index is -0.972. The Morgan fingerprint density at radius 3 is 2.24 bits per heavy atom. The van der Waals surface area contributed by atoms with Gasteiger partial charge in [0.25, 0.3) is 5.91 Å². The molecular formula is C51H63ClN6O8S. The lowest BCUT2D eigenvalue weighted by atomic mass is 9.49. The fourth-order valence-corrected chi connectivity index (χ4v) is 10.4. The van der Waals surface area contributed by atoms with Crippen molar-refractivity contribution >= 4 is 46.6 Å². The van der Waals surface area contributed by atoms with Crippen LogP contribution in [-0.2, 0) is 19.1 Å². The van der Waals surface area contributed by atoms with E-state index in [0.29, 0.717) is 47.1 Å². The van der Waals surface area contributed by atoms with Gasteiger partial charge >= 0.3 is 0 Å². The van der Waals surface area contributed by atoms with Gasteiger partial charge in [0.15, 0.2) is 0 Å². The second-order valence-corrected chi connectivity index (χ2v) is 21.1. The maximum absolute atomic E-state index is 14.1. The van der Waals surface area contributed by atoms with E-state index >= 15 is 0 Å². The number of amides is 4. The van der Waals surface area contributed by atoms with E-state index in [-0.39, 0.29) is 56.2 Å². The number of benzene rings is 3. The molecule has 4 atom stereocenters. The van der Waals surface area contributed by atoms with E-state index in [0.717, 1.165) is 21.7 Å². The number of halogens is 1. The van der Waals surface area contributed by atoms with Gasteiger partial charge in [-0.25, -0.2) is 4.98 Å². The quantitative estimate of drug-likeness (QED) is 0.0716. The lowest BCUT2D eigenvalue weighted by Gasteiger charge is -2.63. The summed E-state index contributed by atoms with van der Waals surface area (Å²) < 4.78 is 17.9. The highest BCUT2D eigenvalue weighted by Gasteiger charge is 2.64. The molecule has 2 heterocycles. The molecule has 0 radical (unpaired) electrons. The second-order valence-electron chi connectivity index (χ2n) is 19.8. The summed E-state index contributed by atoms with van der Waals surface area (Å²) in [7, 11) is 0. The molecule has 0 bridgehead atoms. The first kappa shape index (κ1) is 50.9. The highest BCUT2D eigenvalue weighted by atomic mass is 35.5. The molecule has 2 aliphatic rings. The maximum atomic E-state index is 14.1. The summed E-state index contributed by atoms with van der Waals surface area (Å²) in [6.45, 7) is 18.0.